The van der Waals surface area contributed by atoms with Gasteiger partial charge in [-0.3, -0.25) is 0 Å². The quantitative estimate of drug-likeness (QED) is 0.501. The van der Waals surface area contributed by atoms with Crippen LogP contribution in [-0.4, -0.2) is 90.0 Å². The van der Waals surface area contributed by atoms with Crippen LogP contribution in [0.3, 0.4) is 0 Å². The molecule has 5 rings (SSSR count). The van der Waals surface area contributed by atoms with Crippen molar-refractivity contribution in [2.45, 2.75) is 57.8 Å². The molecule has 196 valence electrons. The first kappa shape index (κ1) is 25.6. The SMILES string of the molecule is CN1CCC(Oc2nc(N3CCN(C(=O)OC(C)(C)C)CC3)c3cc(Cl)c(Br)c(OC4CC4)c3n2)C1. The van der Waals surface area contributed by atoms with Crippen LogP contribution < -0.4 is 14.4 Å². The molecule has 1 amide bonds. The highest BCUT2D eigenvalue weighted by Crippen LogP contribution is 2.44. The van der Waals surface area contributed by atoms with E-state index in [9.17, 15) is 4.79 Å². The lowest BCUT2D eigenvalue weighted by Gasteiger charge is -2.36. The van der Waals surface area contributed by atoms with Crippen molar-refractivity contribution in [1.29, 1.82) is 0 Å². The number of rotatable bonds is 5. The van der Waals surface area contributed by atoms with Gasteiger partial charge in [-0.25, -0.2) is 4.79 Å². The molecule has 2 saturated heterocycles. The molecule has 0 radical (unpaired) electrons. The molecule has 1 aromatic carbocycles. The van der Waals surface area contributed by atoms with Crippen molar-refractivity contribution in [3.63, 3.8) is 0 Å². The van der Waals surface area contributed by atoms with E-state index in [2.05, 4.69) is 32.8 Å². The van der Waals surface area contributed by atoms with Crippen molar-refractivity contribution in [3.05, 3.63) is 15.6 Å². The minimum absolute atomic E-state index is 0.0351. The molecule has 0 bridgehead atoms. The molecular formula is C25H33BrClN5O4. The summed E-state index contributed by atoms with van der Waals surface area (Å²) in [6.07, 6.45) is 2.87. The molecule has 0 N–H and O–H groups in total. The summed E-state index contributed by atoms with van der Waals surface area (Å²) in [4.78, 5) is 28.4. The number of anilines is 1. The number of likely N-dealkylation sites (N-methyl/N-ethyl adjacent to an activating group) is 1. The van der Waals surface area contributed by atoms with Gasteiger partial charge in [-0.1, -0.05) is 11.6 Å². The summed E-state index contributed by atoms with van der Waals surface area (Å²) in [6, 6.07) is 2.21. The third-order valence-electron chi connectivity index (χ3n) is 6.46. The van der Waals surface area contributed by atoms with Gasteiger partial charge in [0.25, 0.3) is 0 Å². The normalized spacial score (nSPS) is 21.2. The number of carbonyl (C=O) groups excluding carboxylic acids is 1. The fourth-order valence-electron chi connectivity index (χ4n) is 4.47. The summed E-state index contributed by atoms with van der Waals surface area (Å²) < 4.78 is 18.8. The summed E-state index contributed by atoms with van der Waals surface area (Å²) >= 11 is 10.2. The van der Waals surface area contributed by atoms with E-state index in [-0.39, 0.29) is 18.3 Å². The van der Waals surface area contributed by atoms with Gasteiger partial charge in [-0.05, 0) is 69.1 Å². The van der Waals surface area contributed by atoms with Crippen LogP contribution in [0.2, 0.25) is 5.02 Å². The van der Waals surface area contributed by atoms with E-state index in [1.807, 2.05) is 26.8 Å². The molecule has 3 aliphatic rings. The molecule has 36 heavy (non-hydrogen) atoms. The van der Waals surface area contributed by atoms with Gasteiger partial charge in [0.15, 0.2) is 5.75 Å². The standard InChI is InChI=1S/C25H33BrClN5O4/c1-25(2,3)36-24(33)32-11-9-31(10-12-32)22-17-13-18(27)19(26)21(34-15-5-6-15)20(17)28-23(29-22)35-16-7-8-30(4)14-16/h13,15-16H,5-12,14H2,1-4H3. The summed E-state index contributed by atoms with van der Waals surface area (Å²) in [5.74, 6) is 1.37. The summed E-state index contributed by atoms with van der Waals surface area (Å²) in [7, 11) is 2.08. The third kappa shape index (κ3) is 5.75. The number of ether oxygens (including phenoxy) is 3. The van der Waals surface area contributed by atoms with Crippen LogP contribution in [0.25, 0.3) is 10.9 Å². The number of aromatic nitrogens is 2. The molecular weight excluding hydrogens is 550 g/mol. The van der Waals surface area contributed by atoms with Gasteiger partial charge in [0.2, 0.25) is 0 Å². The highest BCUT2D eigenvalue weighted by Gasteiger charge is 2.31. The Morgan fingerprint density at radius 1 is 1.06 bits per heavy atom. The van der Waals surface area contributed by atoms with E-state index in [4.69, 9.17) is 35.8 Å². The smallest absolute Gasteiger partial charge is 0.410 e. The topological polar surface area (TPSA) is 80.3 Å². The van der Waals surface area contributed by atoms with Crippen molar-refractivity contribution in [1.82, 2.24) is 19.8 Å². The largest absolute Gasteiger partial charge is 0.487 e. The first-order chi connectivity index (χ1) is 17.1. The lowest BCUT2D eigenvalue weighted by atomic mass is 10.2. The van der Waals surface area contributed by atoms with E-state index in [1.54, 1.807) is 4.90 Å². The molecule has 1 aromatic heterocycles. The Bertz CT molecular complexity index is 1150. The Labute approximate surface area is 225 Å². The number of likely N-dealkylation sites (tertiary alicyclic amines) is 1. The first-order valence-corrected chi connectivity index (χ1v) is 13.7. The predicted molar refractivity (Wildman–Crippen MR) is 142 cm³/mol. The monoisotopic (exact) mass is 581 g/mol. The van der Waals surface area contributed by atoms with Gasteiger partial charge >= 0.3 is 12.1 Å². The second kappa shape index (κ2) is 10.0. The summed E-state index contributed by atoms with van der Waals surface area (Å²) in [5.41, 5.74) is 0.152. The molecule has 0 spiro atoms. The van der Waals surface area contributed by atoms with E-state index in [0.29, 0.717) is 53.0 Å². The van der Waals surface area contributed by atoms with Gasteiger partial charge in [0, 0.05) is 44.7 Å². The van der Waals surface area contributed by atoms with E-state index in [1.165, 1.54) is 0 Å². The lowest BCUT2D eigenvalue weighted by Crippen LogP contribution is -2.50. The number of hydrogen-bond donors (Lipinski definition) is 0. The number of amides is 1. The number of piperazine rings is 1. The van der Waals surface area contributed by atoms with Crippen molar-refractivity contribution in [2.24, 2.45) is 0 Å². The maximum absolute atomic E-state index is 12.6. The van der Waals surface area contributed by atoms with E-state index in [0.717, 1.165) is 43.6 Å². The molecule has 1 atom stereocenters. The van der Waals surface area contributed by atoms with Crippen LogP contribution in [0, 0.1) is 0 Å². The third-order valence-corrected chi connectivity index (χ3v) is 7.77. The summed E-state index contributed by atoms with van der Waals surface area (Å²) in [6.45, 7) is 9.70. The molecule has 9 nitrogen and oxygen atoms in total. The van der Waals surface area contributed by atoms with Crippen LogP contribution in [0.5, 0.6) is 11.8 Å². The Morgan fingerprint density at radius 2 is 1.78 bits per heavy atom. The molecule has 1 aliphatic carbocycles. The van der Waals surface area contributed by atoms with Crippen LogP contribution in [0.15, 0.2) is 10.5 Å². The number of halogens is 2. The number of benzene rings is 1. The molecule has 2 aliphatic heterocycles. The summed E-state index contributed by atoms with van der Waals surface area (Å²) in [5, 5.41) is 1.35. The average molecular weight is 583 g/mol. The molecule has 1 unspecified atom stereocenters. The van der Waals surface area contributed by atoms with Gasteiger partial charge in [0.05, 0.1) is 15.6 Å². The number of carbonyl (C=O) groups is 1. The Balaban J connectivity index is 1.47. The zero-order chi connectivity index (χ0) is 25.6. The molecule has 1 saturated carbocycles. The van der Waals surface area contributed by atoms with Crippen molar-refractivity contribution < 1.29 is 19.0 Å². The van der Waals surface area contributed by atoms with Gasteiger partial charge < -0.3 is 28.9 Å². The van der Waals surface area contributed by atoms with Crippen LogP contribution >= 0.6 is 27.5 Å². The zero-order valence-electron chi connectivity index (χ0n) is 21.2. The molecule has 11 heteroatoms. The minimum atomic E-state index is -0.528. The highest BCUT2D eigenvalue weighted by molar-refractivity contribution is 9.10. The van der Waals surface area contributed by atoms with E-state index >= 15 is 0 Å². The first-order valence-electron chi connectivity index (χ1n) is 12.5. The highest BCUT2D eigenvalue weighted by atomic mass is 79.9. The van der Waals surface area contributed by atoms with Gasteiger partial charge in [-0.2, -0.15) is 9.97 Å². The van der Waals surface area contributed by atoms with Crippen LogP contribution in [-0.2, 0) is 4.74 Å². The number of hydrogen-bond acceptors (Lipinski definition) is 8. The lowest BCUT2D eigenvalue weighted by molar-refractivity contribution is 0.0240. The van der Waals surface area contributed by atoms with Gasteiger partial charge in [0.1, 0.15) is 23.0 Å². The second-order valence-corrected chi connectivity index (χ2v) is 12.0. The number of fused-ring (bicyclic) bond motifs is 1. The maximum Gasteiger partial charge on any atom is 0.410 e. The Morgan fingerprint density at radius 3 is 2.39 bits per heavy atom. The van der Waals surface area contributed by atoms with E-state index < -0.39 is 5.60 Å². The minimum Gasteiger partial charge on any atom is -0.487 e. The van der Waals surface area contributed by atoms with Crippen LogP contribution in [0.4, 0.5) is 10.6 Å². The molecule has 3 heterocycles. The second-order valence-electron chi connectivity index (χ2n) is 10.8. The van der Waals surface area contributed by atoms with Crippen LogP contribution in [0.1, 0.15) is 40.0 Å². The molecule has 2 aromatic rings. The van der Waals surface area contributed by atoms with Crippen molar-refractivity contribution in [2.75, 3.05) is 51.2 Å². The zero-order valence-corrected chi connectivity index (χ0v) is 23.6. The fourth-order valence-corrected chi connectivity index (χ4v) is 5.06. The Hall–Kier alpha value is -2.04. The fraction of sp³-hybridized carbons (Fsp3) is 0.640. The van der Waals surface area contributed by atoms with Gasteiger partial charge in [-0.15, -0.1) is 0 Å². The van der Waals surface area contributed by atoms with Crippen molar-refractivity contribution >= 4 is 50.3 Å². The predicted octanol–water partition coefficient (Wildman–Crippen LogP) is 4.73. The number of nitrogens with zero attached hydrogens (tertiary/aromatic N) is 5. The Kier molecular flexibility index (Phi) is 7.13. The van der Waals surface area contributed by atoms with Crippen molar-refractivity contribution in [3.8, 4) is 11.8 Å². The average Bonchev–Trinajstić information content (AvgIpc) is 3.55. The molecule has 3 fully saturated rings. The maximum atomic E-state index is 12.6.